The maximum atomic E-state index is 12.9. The lowest BCUT2D eigenvalue weighted by Crippen LogP contribution is -2.27. The normalized spacial score (nSPS) is 10.5. The first kappa shape index (κ1) is 16.0. The number of benzene rings is 1. The molecule has 0 spiro atoms. The van der Waals surface area contributed by atoms with Crippen LogP contribution in [0, 0.1) is 12.7 Å². The molecule has 1 aromatic carbocycles. The average molecular weight is 364 g/mol. The summed E-state index contributed by atoms with van der Waals surface area (Å²) >= 11 is 8.60. The highest BCUT2D eigenvalue weighted by Gasteiger charge is 2.06. The van der Waals surface area contributed by atoms with E-state index in [4.69, 9.17) is 12.2 Å². The Morgan fingerprint density at radius 3 is 2.70 bits per heavy atom. The van der Waals surface area contributed by atoms with Crippen LogP contribution in [0.5, 0.6) is 0 Å². The van der Waals surface area contributed by atoms with E-state index >= 15 is 0 Å². The summed E-state index contributed by atoms with van der Waals surface area (Å²) in [5.74, 6) is -0.266. The second-order valence-electron chi connectivity index (χ2n) is 4.83. The molecule has 0 atom stereocenters. The van der Waals surface area contributed by atoms with Gasteiger partial charge in [0.2, 0.25) is 0 Å². The number of aryl methyl sites for hydroxylation is 1. The van der Waals surface area contributed by atoms with Crippen molar-refractivity contribution >= 4 is 45.7 Å². The largest absolute Gasteiger partial charge is 0.358 e. The molecule has 23 heavy (non-hydrogen) atoms. The van der Waals surface area contributed by atoms with E-state index in [2.05, 4.69) is 33.1 Å². The number of halogens is 1. The zero-order valence-corrected chi connectivity index (χ0v) is 14.7. The van der Waals surface area contributed by atoms with Crippen LogP contribution in [0.15, 0.2) is 41.8 Å². The Labute approximate surface area is 147 Å². The second-order valence-corrected chi connectivity index (χ2v) is 7.47. The van der Waals surface area contributed by atoms with Crippen LogP contribution in [0.1, 0.15) is 9.88 Å². The van der Waals surface area contributed by atoms with Gasteiger partial charge in [-0.05, 0) is 55.5 Å². The topological polar surface area (TPSA) is 37.0 Å². The van der Waals surface area contributed by atoms with Crippen LogP contribution in [0.3, 0.4) is 0 Å². The molecule has 3 aromatic rings. The van der Waals surface area contributed by atoms with Gasteiger partial charge in [0.25, 0.3) is 0 Å². The molecular formula is C16H14FN3S3. The van der Waals surface area contributed by atoms with Crippen molar-refractivity contribution < 1.29 is 4.39 Å². The molecule has 2 heterocycles. The minimum absolute atomic E-state index is 0.266. The molecule has 0 bridgehead atoms. The third kappa shape index (κ3) is 4.34. The number of aromatic nitrogens is 1. The molecule has 2 aromatic heterocycles. The van der Waals surface area contributed by atoms with Crippen LogP contribution >= 0.6 is 34.9 Å². The molecule has 0 aliphatic carbocycles. The Kier molecular flexibility index (Phi) is 5.00. The third-order valence-corrected chi connectivity index (χ3v) is 5.19. The van der Waals surface area contributed by atoms with E-state index < -0.39 is 0 Å². The van der Waals surface area contributed by atoms with Gasteiger partial charge in [0.1, 0.15) is 5.82 Å². The van der Waals surface area contributed by atoms with E-state index in [1.807, 2.05) is 6.92 Å². The summed E-state index contributed by atoms with van der Waals surface area (Å²) in [6.45, 7) is 2.64. The lowest BCUT2D eigenvalue weighted by atomic mass is 10.3. The molecule has 3 rings (SSSR count). The molecule has 0 aliphatic heterocycles. The highest BCUT2D eigenvalue weighted by atomic mass is 32.1. The lowest BCUT2D eigenvalue weighted by Gasteiger charge is -2.09. The van der Waals surface area contributed by atoms with Gasteiger partial charge in [-0.3, -0.25) is 0 Å². The van der Waals surface area contributed by atoms with Crippen molar-refractivity contribution in [3.63, 3.8) is 0 Å². The maximum Gasteiger partial charge on any atom is 0.171 e. The maximum absolute atomic E-state index is 12.9. The van der Waals surface area contributed by atoms with Crippen molar-refractivity contribution in [1.82, 2.24) is 10.3 Å². The van der Waals surface area contributed by atoms with E-state index in [9.17, 15) is 4.39 Å². The molecule has 0 aliphatic rings. The first-order valence-electron chi connectivity index (χ1n) is 6.92. The summed E-state index contributed by atoms with van der Waals surface area (Å²) in [6, 6.07) is 10.2. The molecule has 0 unspecified atom stereocenters. The predicted molar refractivity (Wildman–Crippen MR) is 99.6 cm³/mol. The summed E-state index contributed by atoms with van der Waals surface area (Å²) in [6.07, 6.45) is 0. The van der Waals surface area contributed by atoms with Crippen molar-refractivity contribution in [3.8, 4) is 10.6 Å². The van der Waals surface area contributed by atoms with Crippen molar-refractivity contribution in [2.24, 2.45) is 0 Å². The number of nitrogens with zero attached hydrogens (tertiary/aromatic N) is 1. The molecule has 0 amide bonds. The fourth-order valence-corrected chi connectivity index (χ4v) is 3.75. The quantitative estimate of drug-likeness (QED) is 0.653. The molecular weight excluding hydrogens is 349 g/mol. The number of hydrogen-bond donors (Lipinski definition) is 2. The van der Waals surface area contributed by atoms with E-state index in [-0.39, 0.29) is 5.82 Å². The fourth-order valence-electron chi connectivity index (χ4n) is 1.96. The zero-order chi connectivity index (χ0) is 16.2. The van der Waals surface area contributed by atoms with E-state index in [1.165, 1.54) is 17.0 Å². The van der Waals surface area contributed by atoms with E-state index in [0.717, 1.165) is 21.3 Å². The van der Waals surface area contributed by atoms with Crippen LogP contribution in [0.2, 0.25) is 0 Å². The molecule has 2 N–H and O–H groups in total. The number of hydrogen-bond acceptors (Lipinski definition) is 4. The number of nitrogens with one attached hydrogen (secondary N) is 2. The summed E-state index contributed by atoms with van der Waals surface area (Å²) < 4.78 is 12.9. The van der Waals surface area contributed by atoms with E-state index in [1.54, 1.807) is 34.8 Å². The number of thiocarbonyl (C=S) groups is 1. The Bertz CT molecular complexity index is 808. The molecule has 118 valence electrons. The lowest BCUT2D eigenvalue weighted by molar-refractivity contribution is 0.628. The Hall–Kier alpha value is -1.83. The van der Waals surface area contributed by atoms with Crippen LogP contribution in [-0.4, -0.2) is 10.1 Å². The number of rotatable bonds is 4. The SMILES string of the molecule is Cc1nc(-c2ccc(CNC(=S)Nc3ccc(F)cc3)s2)cs1. The summed E-state index contributed by atoms with van der Waals surface area (Å²) in [7, 11) is 0. The molecule has 7 heteroatoms. The first-order chi connectivity index (χ1) is 11.1. The van der Waals surface area contributed by atoms with Crippen LogP contribution in [-0.2, 0) is 6.54 Å². The fraction of sp³-hybridized carbons (Fsp3) is 0.125. The van der Waals surface area contributed by atoms with Gasteiger partial charge in [0, 0.05) is 15.9 Å². The Balaban J connectivity index is 1.55. The van der Waals surface area contributed by atoms with Gasteiger partial charge in [0.15, 0.2) is 5.11 Å². The van der Waals surface area contributed by atoms with Crippen LogP contribution in [0.4, 0.5) is 10.1 Å². The molecule has 0 saturated carbocycles. The third-order valence-electron chi connectivity index (χ3n) is 3.06. The van der Waals surface area contributed by atoms with Gasteiger partial charge in [0.05, 0.1) is 22.1 Å². The summed E-state index contributed by atoms with van der Waals surface area (Å²) in [5, 5.41) is 9.83. The average Bonchev–Trinajstić information content (AvgIpc) is 3.16. The first-order valence-corrected chi connectivity index (χ1v) is 9.02. The van der Waals surface area contributed by atoms with Gasteiger partial charge in [-0.1, -0.05) is 0 Å². The van der Waals surface area contributed by atoms with Crippen molar-refractivity contribution in [2.75, 3.05) is 5.32 Å². The molecule has 0 fully saturated rings. The number of anilines is 1. The minimum atomic E-state index is -0.266. The van der Waals surface area contributed by atoms with Crippen LogP contribution < -0.4 is 10.6 Å². The minimum Gasteiger partial charge on any atom is -0.358 e. The van der Waals surface area contributed by atoms with Crippen molar-refractivity contribution in [1.29, 1.82) is 0 Å². The van der Waals surface area contributed by atoms with Gasteiger partial charge in [-0.2, -0.15) is 0 Å². The highest BCUT2D eigenvalue weighted by Crippen LogP contribution is 2.28. The standard InChI is InChI=1S/C16H14FN3S3/c1-10-19-14(9-22-10)15-7-6-13(23-15)8-18-16(21)20-12-4-2-11(17)3-5-12/h2-7,9H,8H2,1H3,(H2,18,20,21). The zero-order valence-electron chi connectivity index (χ0n) is 12.3. The van der Waals surface area contributed by atoms with Crippen LogP contribution in [0.25, 0.3) is 10.6 Å². The molecule has 3 nitrogen and oxygen atoms in total. The smallest absolute Gasteiger partial charge is 0.171 e. The molecule has 0 saturated heterocycles. The highest BCUT2D eigenvalue weighted by molar-refractivity contribution is 7.80. The predicted octanol–water partition coefficient (Wildman–Crippen LogP) is 4.81. The second kappa shape index (κ2) is 7.16. The van der Waals surface area contributed by atoms with Gasteiger partial charge >= 0.3 is 0 Å². The van der Waals surface area contributed by atoms with E-state index in [0.29, 0.717) is 11.7 Å². The van der Waals surface area contributed by atoms with Crippen molar-refractivity contribution in [2.45, 2.75) is 13.5 Å². The molecule has 0 radical (unpaired) electrons. The van der Waals surface area contributed by atoms with Gasteiger partial charge in [-0.25, -0.2) is 9.37 Å². The summed E-state index contributed by atoms with van der Waals surface area (Å²) in [4.78, 5) is 6.82. The van der Waals surface area contributed by atoms with Crippen molar-refractivity contribution in [3.05, 3.63) is 57.5 Å². The number of thiazole rings is 1. The monoisotopic (exact) mass is 363 g/mol. The Morgan fingerprint density at radius 1 is 1.22 bits per heavy atom. The summed E-state index contributed by atoms with van der Waals surface area (Å²) in [5.41, 5.74) is 1.78. The Morgan fingerprint density at radius 2 is 2.00 bits per heavy atom. The van der Waals surface area contributed by atoms with Gasteiger partial charge < -0.3 is 10.6 Å². The number of thiophene rings is 1. The van der Waals surface area contributed by atoms with Gasteiger partial charge in [-0.15, -0.1) is 22.7 Å².